The predicted octanol–water partition coefficient (Wildman–Crippen LogP) is 6.62. The van der Waals surface area contributed by atoms with E-state index in [0.717, 1.165) is 27.7 Å². The Morgan fingerprint density at radius 3 is 2.49 bits per heavy atom. The number of aliphatic imine (C=N–C) groups is 1. The molecule has 4 aromatic rings. The molecule has 1 saturated heterocycles. The highest BCUT2D eigenvalue weighted by atomic mass is 79.9. The number of carbonyl (C=O) groups excluding carboxylic acids is 2. The van der Waals surface area contributed by atoms with Crippen LogP contribution in [0.1, 0.15) is 11.1 Å². The van der Waals surface area contributed by atoms with E-state index in [4.69, 9.17) is 0 Å². The van der Waals surface area contributed by atoms with Crippen LogP contribution in [0.3, 0.4) is 0 Å². The molecule has 45 heavy (non-hydrogen) atoms. The molecule has 0 saturated carbocycles. The van der Waals surface area contributed by atoms with Crippen LogP contribution in [0.2, 0.25) is 0 Å². The summed E-state index contributed by atoms with van der Waals surface area (Å²) >= 11 is 4.59. The smallest absolute Gasteiger partial charge is 0.406 e. The zero-order valence-electron chi connectivity index (χ0n) is 24.2. The van der Waals surface area contributed by atoms with Gasteiger partial charge < -0.3 is 10.1 Å². The van der Waals surface area contributed by atoms with Crippen molar-refractivity contribution in [1.29, 1.82) is 0 Å². The van der Waals surface area contributed by atoms with Gasteiger partial charge in [-0.2, -0.15) is 4.99 Å². The fourth-order valence-electron chi connectivity index (χ4n) is 4.46. The number of ether oxygens (including phenoxy) is 1. The largest absolute Gasteiger partial charge is 0.573 e. The van der Waals surface area contributed by atoms with E-state index in [1.807, 2.05) is 49.4 Å². The number of benzene rings is 3. The number of halogens is 4. The molecule has 1 aliphatic rings. The summed E-state index contributed by atoms with van der Waals surface area (Å²) in [6.07, 6.45) is -2.75. The van der Waals surface area contributed by atoms with Crippen molar-refractivity contribution in [3.63, 3.8) is 0 Å². The van der Waals surface area contributed by atoms with E-state index in [9.17, 15) is 22.8 Å². The van der Waals surface area contributed by atoms with Crippen molar-refractivity contribution in [2.24, 2.45) is 4.99 Å². The molecular weight excluding hydrogens is 692 g/mol. The number of urea groups is 1. The van der Waals surface area contributed by atoms with Crippen LogP contribution in [0.25, 0.3) is 17.1 Å². The van der Waals surface area contributed by atoms with Gasteiger partial charge in [0.1, 0.15) is 16.2 Å². The minimum atomic E-state index is -4.76. The number of nitrogens with one attached hydrogen (secondary N) is 1. The molecule has 1 aromatic heterocycles. The molecule has 0 aliphatic carbocycles. The number of amidine groups is 1. The molecule has 0 radical (unpaired) electrons. The van der Waals surface area contributed by atoms with Gasteiger partial charge in [-0.05, 0) is 73.4 Å². The third kappa shape index (κ3) is 8.11. The zero-order valence-corrected chi connectivity index (χ0v) is 27.5. The maximum atomic E-state index is 13.0. The number of carbonyl (C=O) groups is 2. The van der Waals surface area contributed by atoms with Crippen LogP contribution in [-0.4, -0.2) is 62.3 Å². The van der Waals surface area contributed by atoms with Gasteiger partial charge in [-0.25, -0.2) is 14.5 Å². The molecule has 3 aromatic carbocycles. The van der Waals surface area contributed by atoms with Crippen molar-refractivity contribution in [1.82, 2.24) is 20.1 Å². The van der Waals surface area contributed by atoms with Gasteiger partial charge in [0.2, 0.25) is 0 Å². The number of alkyl halides is 4. The number of thioether (sulfide) groups is 1. The van der Waals surface area contributed by atoms with Gasteiger partial charge in [-0.15, -0.1) is 18.3 Å². The molecule has 1 atom stereocenters. The van der Waals surface area contributed by atoms with E-state index in [1.165, 1.54) is 51.9 Å². The number of nitrogens with zero attached hydrogens (tertiary/aromatic N) is 5. The van der Waals surface area contributed by atoms with Gasteiger partial charge >= 0.3 is 12.4 Å². The molecule has 15 heteroatoms. The number of anilines is 1. The summed E-state index contributed by atoms with van der Waals surface area (Å²) in [5.74, 6) is -0.0610. The monoisotopic (exact) mass is 718 g/mol. The molecular formula is C30H27BrF3N6O3PS. The Morgan fingerprint density at radius 1 is 1.11 bits per heavy atom. The van der Waals surface area contributed by atoms with Crippen molar-refractivity contribution in [2.75, 3.05) is 24.8 Å². The van der Waals surface area contributed by atoms with Crippen LogP contribution in [0.4, 0.5) is 23.7 Å². The fourth-order valence-corrected chi connectivity index (χ4v) is 6.98. The predicted molar refractivity (Wildman–Crippen MR) is 175 cm³/mol. The van der Waals surface area contributed by atoms with Gasteiger partial charge in [0.25, 0.3) is 5.91 Å². The molecule has 0 spiro atoms. The Labute approximate surface area is 271 Å². The SMILES string of the molecule is Cc1ccc(P(C)C)c(N2C(=O)C(Br)SC2=NC(=O)NCCc2ccc(-c3ncn(-c4ccc(OC(F)(F)F)cc4)n3)cc2)c1. The summed E-state index contributed by atoms with van der Waals surface area (Å²) in [5.41, 5.74) is 3.99. The lowest BCUT2D eigenvalue weighted by Crippen LogP contribution is -2.35. The first-order valence-corrected chi connectivity index (χ1v) is 17.6. The number of rotatable bonds is 8. The van der Waals surface area contributed by atoms with Crippen LogP contribution in [-0.2, 0) is 11.2 Å². The van der Waals surface area contributed by atoms with Gasteiger partial charge in [0, 0.05) is 12.1 Å². The molecule has 1 fully saturated rings. The van der Waals surface area contributed by atoms with Crippen molar-refractivity contribution in [3.05, 3.63) is 84.2 Å². The molecule has 1 unspecified atom stereocenters. The molecule has 5 rings (SSSR count). The molecule has 9 nitrogen and oxygen atoms in total. The molecule has 1 aliphatic heterocycles. The summed E-state index contributed by atoms with van der Waals surface area (Å²) in [6.45, 7) is 6.52. The first kappa shape index (κ1) is 32.6. The maximum absolute atomic E-state index is 13.0. The minimum absolute atomic E-state index is 0.178. The third-order valence-corrected chi connectivity index (χ3v) is 9.78. The summed E-state index contributed by atoms with van der Waals surface area (Å²) in [4.78, 5) is 35.9. The van der Waals surface area contributed by atoms with E-state index in [2.05, 4.69) is 54.4 Å². The molecule has 2 heterocycles. The highest BCUT2D eigenvalue weighted by Gasteiger charge is 2.39. The second kappa shape index (κ2) is 13.7. The van der Waals surface area contributed by atoms with Gasteiger partial charge in [0.15, 0.2) is 11.0 Å². The maximum Gasteiger partial charge on any atom is 0.573 e. The van der Waals surface area contributed by atoms with Crippen LogP contribution in [0.15, 0.2) is 78.0 Å². The average Bonchev–Trinajstić information content (AvgIpc) is 3.57. The van der Waals surface area contributed by atoms with Crippen molar-refractivity contribution in [2.45, 2.75) is 23.9 Å². The highest BCUT2D eigenvalue weighted by molar-refractivity contribution is 9.12. The number of hydrogen-bond acceptors (Lipinski definition) is 6. The Bertz CT molecular complexity index is 1730. The summed E-state index contributed by atoms with van der Waals surface area (Å²) in [7, 11) is -0.503. The molecule has 3 amide bonds. The van der Waals surface area contributed by atoms with Crippen LogP contribution < -0.4 is 20.3 Å². The summed E-state index contributed by atoms with van der Waals surface area (Å²) in [6, 6.07) is 18.3. The summed E-state index contributed by atoms with van der Waals surface area (Å²) in [5, 5.41) is 8.60. The van der Waals surface area contributed by atoms with E-state index < -0.39 is 24.5 Å². The minimum Gasteiger partial charge on any atom is -0.406 e. The normalized spacial score (nSPS) is 16.1. The van der Waals surface area contributed by atoms with E-state index >= 15 is 0 Å². The quantitative estimate of drug-likeness (QED) is 0.162. The van der Waals surface area contributed by atoms with Crippen molar-refractivity contribution < 1.29 is 27.5 Å². The molecule has 1 N–H and O–H groups in total. The second-order valence-electron chi connectivity index (χ2n) is 10.1. The lowest BCUT2D eigenvalue weighted by molar-refractivity contribution is -0.274. The van der Waals surface area contributed by atoms with Crippen molar-refractivity contribution in [3.8, 4) is 22.8 Å². The van der Waals surface area contributed by atoms with Gasteiger partial charge in [-0.3, -0.25) is 9.69 Å². The van der Waals surface area contributed by atoms with E-state index in [1.54, 1.807) is 0 Å². The average molecular weight is 720 g/mol. The lowest BCUT2D eigenvalue weighted by Gasteiger charge is -2.22. The van der Waals surface area contributed by atoms with Crippen LogP contribution in [0.5, 0.6) is 5.75 Å². The summed E-state index contributed by atoms with van der Waals surface area (Å²) < 4.78 is 42.0. The molecule has 0 bridgehead atoms. The Hall–Kier alpha value is -3.74. The topological polar surface area (TPSA) is 102 Å². The van der Waals surface area contributed by atoms with Gasteiger partial charge in [-0.1, -0.05) is 72.0 Å². The van der Waals surface area contributed by atoms with Crippen LogP contribution in [0, 0.1) is 6.92 Å². The first-order valence-electron chi connectivity index (χ1n) is 13.5. The number of aryl methyl sites for hydroxylation is 1. The lowest BCUT2D eigenvalue weighted by atomic mass is 10.1. The molecule has 234 valence electrons. The highest BCUT2D eigenvalue weighted by Crippen LogP contribution is 2.38. The Morgan fingerprint density at radius 2 is 1.82 bits per heavy atom. The number of aromatic nitrogens is 3. The fraction of sp³-hybridized carbons (Fsp3) is 0.233. The van der Waals surface area contributed by atoms with E-state index in [0.29, 0.717) is 29.6 Å². The first-order chi connectivity index (χ1) is 21.4. The standard InChI is InChI=1S/C30H27BrF3N6O3PS/c1-18-4-13-24(44(2)3)23(16-18)40-27(41)25(31)45-29(40)37-28(42)35-15-14-19-5-7-20(8-6-19)26-36-17-39(38-26)21-9-11-22(12-10-21)43-30(32,33)34/h4-13,16-17,25H,14-15H2,1-3H3,(H,35,42). The Balaban J connectivity index is 1.19. The Kier molecular flexibility index (Phi) is 9.95. The number of amides is 3. The third-order valence-electron chi connectivity index (χ3n) is 6.59. The van der Waals surface area contributed by atoms with E-state index in [-0.39, 0.29) is 11.7 Å². The number of hydrogen-bond donors (Lipinski definition) is 1. The van der Waals surface area contributed by atoms with Crippen LogP contribution >= 0.6 is 35.6 Å². The second-order valence-corrected chi connectivity index (χ2v) is 15.0. The zero-order chi connectivity index (χ0) is 32.3. The van der Waals surface area contributed by atoms with Gasteiger partial charge in [0.05, 0.1) is 11.4 Å². The van der Waals surface area contributed by atoms with Crippen molar-refractivity contribution >= 4 is 63.7 Å².